The van der Waals surface area contributed by atoms with E-state index in [9.17, 15) is 14.0 Å². The van der Waals surface area contributed by atoms with E-state index < -0.39 is 17.8 Å². The number of halogens is 1. The van der Waals surface area contributed by atoms with E-state index in [0.717, 1.165) is 18.2 Å². The minimum atomic E-state index is -0.605. The monoisotopic (exact) mass is 372 g/mol. The van der Waals surface area contributed by atoms with E-state index in [1.807, 2.05) is 18.3 Å². The molecule has 7 nitrogen and oxygen atoms in total. The van der Waals surface area contributed by atoms with E-state index in [-0.39, 0.29) is 11.3 Å². The van der Waals surface area contributed by atoms with Gasteiger partial charge in [-0.3, -0.25) is 9.88 Å². The molecule has 1 aliphatic rings. The van der Waals surface area contributed by atoms with Crippen LogP contribution in [-0.4, -0.2) is 60.1 Å². The van der Waals surface area contributed by atoms with Crippen molar-refractivity contribution < 1.29 is 18.7 Å². The average molecular weight is 372 g/mol. The van der Waals surface area contributed by atoms with Crippen LogP contribution in [0.1, 0.15) is 15.9 Å². The first kappa shape index (κ1) is 18.8. The van der Waals surface area contributed by atoms with Crippen molar-refractivity contribution in [2.75, 3.05) is 38.6 Å². The number of benzene rings is 1. The summed E-state index contributed by atoms with van der Waals surface area (Å²) < 4.78 is 18.6. The lowest BCUT2D eigenvalue weighted by molar-refractivity contribution is 0.0600. The van der Waals surface area contributed by atoms with Crippen molar-refractivity contribution in [1.82, 2.24) is 14.8 Å². The Morgan fingerprint density at radius 2 is 2.00 bits per heavy atom. The second-order valence-electron chi connectivity index (χ2n) is 6.24. The number of methoxy groups -OCH3 is 1. The number of carbonyl (C=O) groups is 2. The van der Waals surface area contributed by atoms with Crippen LogP contribution in [0.25, 0.3) is 0 Å². The number of aromatic nitrogens is 1. The number of urea groups is 1. The van der Waals surface area contributed by atoms with Gasteiger partial charge in [0.15, 0.2) is 0 Å². The highest BCUT2D eigenvalue weighted by molar-refractivity contribution is 5.94. The van der Waals surface area contributed by atoms with Crippen LogP contribution in [0.2, 0.25) is 0 Å². The van der Waals surface area contributed by atoms with Crippen molar-refractivity contribution in [2.45, 2.75) is 6.54 Å². The molecule has 1 aliphatic heterocycles. The SMILES string of the molecule is COC(=O)c1ccc(F)c(NC(=O)N2CCN(Cc3cccnc3)CC2)c1. The molecule has 0 unspecified atom stereocenters. The normalized spacial score (nSPS) is 14.7. The summed E-state index contributed by atoms with van der Waals surface area (Å²) in [6, 6.07) is 7.25. The van der Waals surface area contributed by atoms with E-state index in [1.54, 1.807) is 11.1 Å². The van der Waals surface area contributed by atoms with E-state index in [1.165, 1.54) is 19.2 Å². The van der Waals surface area contributed by atoms with Crippen LogP contribution in [0.5, 0.6) is 0 Å². The van der Waals surface area contributed by atoms with E-state index in [0.29, 0.717) is 26.2 Å². The Kier molecular flexibility index (Phi) is 5.97. The second kappa shape index (κ2) is 8.59. The van der Waals surface area contributed by atoms with Gasteiger partial charge >= 0.3 is 12.0 Å². The van der Waals surface area contributed by atoms with Crippen molar-refractivity contribution >= 4 is 17.7 Å². The van der Waals surface area contributed by atoms with Crippen molar-refractivity contribution in [2.24, 2.45) is 0 Å². The van der Waals surface area contributed by atoms with E-state index in [2.05, 4.69) is 19.9 Å². The predicted octanol–water partition coefficient (Wildman–Crippen LogP) is 2.36. The first-order valence-corrected chi connectivity index (χ1v) is 8.62. The van der Waals surface area contributed by atoms with Crippen molar-refractivity contribution in [1.29, 1.82) is 0 Å². The molecule has 2 heterocycles. The summed E-state index contributed by atoms with van der Waals surface area (Å²) in [5.74, 6) is -1.19. The van der Waals surface area contributed by atoms with Crippen LogP contribution in [0.4, 0.5) is 14.9 Å². The molecule has 8 heteroatoms. The van der Waals surface area contributed by atoms with E-state index >= 15 is 0 Å². The molecule has 3 rings (SSSR count). The van der Waals surface area contributed by atoms with Gasteiger partial charge in [0.1, 0.15) is 5.82 Å². The molecule has 1 aromatic heterocycles. The Morgan fingerprint density at radius 1 is 1.22 bits per heavy atom. The molecule has 27 heavy (non-hydrogen) atoms. The molecule has 0 bridgehead atoms. The first-order valence-electron chi connectivity index (χ1n) is 8.62. The average Bonchev–Trinajstić information content (AvgIpc) is 2.70. The summed E-state index contributed by atoms with van der Waals surface area (Å²) in [5, 5.41) is 2.54. The van der Waals surface area contributed by atoms with Crippen LogP contribution in [0, 0.1) is 5.82 Å². The number of nitrogens with zero attached hydrogens (tertiary/aromatic N) is 3. The number of esters is 1. The summed E-state index contributed by atoms with van der Waals surface area (Å²) in [4.78, 5) is 32.0. The Hall–Kier alpha value is -3.00. The van der Waals surface area contributed by atoms with E-state index in [4.69, 9.17) is 0 Å². The fraction of sp³-hybridized carbons (Fsp3) is 0.316. The highest BCUT2D eigenvalue weighted by Gasteiger charge is 2.22. The van der Waals surface area contributed by atoms with Gasteiger partial charge in [0.05, 0.1) is 18.4 Å². The van der Waals surface area contributed by atoms with Crippen LogP contribution in [0.15, 0.2) is 42.7 Å². The molecule has 0 spiro atoms. The Balaban J connectivity index is 1.56. The molecule has 1 N–H and O–H groups in total. The van der Waals surface area contributed by atoms with Gasteiger partial charge in [-0.15, -0.1) is 0 Å². The van der Waals surface area contributed by atoms with Gasteiger partial charge < -0.3 is 15.0 Å². The summed E-state index contributed by atoms with van der Waals surface area (Å²) in [7, 11) is 1.24. The molecule has 2 aromatic rings. The fourth-order valence-corrected chi connectivity index (χ4v) is 2.92. The summed E-state index contributed by atoms with van der Waals surface area (Å²) in [6.45, 7) is 3.27. The second-order valence-corrected chi connectivity index (χ2v) is 6.24. The number of hydrogen-bond acceptors (Lipinski definition) is 5. The largest absolute Gasteiger partial charge is 0.465 e. The molecule has 142 valence electrons. The third kappa shape index (κ3) is 4.79. The predicted molar refractivity (Wildman–Crippen MR) is 97.8 cm³/mol. The van der Waals surface area contributed by atoms with Gasteiger partial charge in [0.2, 0.25) is 0 Å². The van der Waals surface area contributed by atoms with Gasteiger partial charge in [-0.05, 0) is 29.8 Å². The van der Waals surface area contributed by atoms with Gasteiger partial charge in [-0.2, -0.15) is 0 Å². The summed E-state index contributed by atoms with van der Waals surface area (Å²) in [5.41, 5.74) is 1.26. The van der Waals surface area contributed by atoms with Gasteiger partial charge in [-0.25, -0.2) is 14.0 Å². The molecule has 1 aromatic carbocycles. The molecule has 0 radical (unpaired) electrons. The number of hydrogen-bond donors (Lipinski definition) is 1. The molecule has 2 amide bonds. The lowest BCUT2D eigenvalue weighted by atomic mass is 10.2. The van der Waals surface area contributed by atoms with Crippen molar-refractivity contribution in [3.8, 4) is 0 Å². The number of nitrogens with one attached hydrogen (secondary N) is 1. The van der Waals surface area contributed by atoms with Gasteiger partial charge in [0.25, 0.3) is 0 Å². The molecule has 1 fully saturated rings. The Bertz CT molecular complexity index is 808. The lowest BCUT2D eigenvalue weighted by Crippen LogP contribution is -2.49. The molecule has 0 aliphatic carbocycles. The minimum Gasteiger partial charge on any atom is -0.465 e. The minimum absolute atomic E-state index is 0.0410. The molecular formula is C19H21FN4O3. The number of rotatable bonds is 4. The van der Waals surface area contributed by atoms with Crippen LogP contribution in [-0.2, 0) is 11.3 Å². The Morgan fingerprint density at radius 3 is 2.67 bits per heavy atom. The van der Waals surface area contributed by atoms with Gasteiger partial charge in [0, 0.05) is 45.1 Å². The third-order valence-electron chi connectivity index (χ3n) is 4.42. The zero-order chi connectivity index (χ0) is 19.2. The molecule has 0 atom stereocenters. The fourth-order valence-electron chi connectivity index (χ4n) is 2.92. The third-order valence-corrected chi connectivity index (χ3v) is 4.42. The van der Waals surface area contributed by atoms with Crippen LogP contribution < -0.4 is 5.32 Å². The zero-order valence-corrected chi connectivity index (χ0v) is 15.0. The topological polar surface area (TPSA) is 74.8 Å². The maximum atomic E-state index is 14.0. The van der Waals surface area contributed by atoms with Gasteiger partial charge in [-0.1, -0.05) is 6.07 Å². The zero-order valence-electron chi connectivity index (χ0n) is 15.0. The lowest BCUT2D eigenvalue weighted by Gasteiger charge is -2.34. The first-order chi connectivity index (χ1) is 13.1. The molecular weight excluding hydrogens is 351 g/mol. The molecule has 1 saturated heterocycles. The number of piperazine rings is 1. The van der Waals surface area contributed by atoms with Crippen molar-refractivity contribution in [3.05, 3.63) is 59.7 Å². The number of carbonyl (C=O) groups excluding carboxylic acids is 2. The number of ether oxygens (including phenoxy) is 1. The Labute approximate surface area is 156 Å². The smallest absolute Gasteiger partial charge is 0.337 e. The summed E-state index contributed by atoms with van der Waals surface area (Å²) in [6.07, 6.45) is 3.57. The summed E-state index contributed by atoms with van der Waals surface area (Å²) >= 11 is 0. The quantitative estimate of drug-likeness (QED) is 0.834. The van der Waals surface area contributed by atoms with Crippen LogP contribution in [0.3, 0.4) is 0 Å². The highest BCUT2D eigenvalue weighted by atomic mass is 19.1. The molecule has 0 saturated carbocycles. The number of pyridine rings is 1. The highest BCUT2D eigenvalue weighted by Crippen LogP contribution is 2.18. The van der Waals surface area contributed by atoms with Crippen molar-refractivity contribution in [3.63, 3.8) is 0 Å². The van der Waals surface area contributed by atoms with Crippen LogP contribution >= 0.6 is 0 Å². The number of anilines is 1. The number of amides is 2. The maximum Gasteiger partial charge on any atom is 0.337 e. The standard InChI is InChI=1S/C19H21FN4O3/c1-27-18(25)15-4-5-16(20)17(11-15)22-19(26)24-9-7-23(8-10-24)13-14-3-2-6-21-12-14/h2-6,11-12H,7-10,13H2,1H3,(H,22,26). The maximum absolute atomic E-state index is 14.0.